The van der Waals surface area contributed by atoms with Crippen LogP contribution in [-0.2, 0) is 6.42 Å². The van der Waals surface area contributed by atoms with E-state index < -0.39 is 0 Å². The molecule has 0 saturated heterocycles. The van der Waals surface area contributed by atoms with Gasteiger partial charge in [0.15, 0.2) is 0 Å². The van der Waals surface area contributed by atoms with Crippen LogP contribution >= 0.6 is 11.3 Å². The molecule has 0 atom stereocenters. The number of fused-ring (bicyclic) bond motifs is 9. The fourth-order valence-electron chi connectivity index (χ4n) is 6.54. The molecule has 9 rings (SSSR count). The summed E-state index contributed by atoms with van der Waals surface area (Å²) in [6.45, 7) is 0. The molecule has 3 heteroatoms. The van der Waals surface area contributed by atoms with Crippen LogP contribution < -0.4 is 0 Å². The molecule has 8 aromatic rings. The zero-order valence-electron chi connectivity index (χ0n) is 21.1. The van der Waals surface area contributed by atoms with E-state index in [-0.39, 0.29) is 0 Å². The smallest absolute Gasteiger partial charge is 0.138 e. The summed E-state index contributed by atoms with van der Waals surface area (Å²) in [6.07, 6.45) is 4.40. The minimum absolute atomic E-state index is 0.976. The Kier molecular flexibility index (Phi) is 4.35. The predicted octanol–water partition coefficient (Wildman–Crippen LogP) is 10.3. The molecule has 0 radical (unpaired) electrons. The van der Waals surface area contributed by atoms with Gasteiger partial charge in [-0.15, -0.1) is 11.3 Å². The second-order valence-corrected chi connectivity index (χ2v) is 11.5. The molecule has 0 N–H and O–H groups in total. The van der Waals surface area contributed by atoms with Crippen LogP contribution in [-0.4, -0.2) is 4.57 Å². The van der Waals surface area contributed by atoms with Gasteiger partial charge in [-0.05, 0) is 60.9 Å². The van der Waals surface area contributed by atoms with Gasteiger partial charge >= 0.3 is 0 Å². The van der Waals surface area contributed by atoms with Crippen LogP contribution in [0, 0.1) is 0 Å². The normalized spacial score (nSPS) is 13.6. The van der Waals surface area contributed by atoms with Crippen molar-refractivity contribution in [1.82, 2.24) is 4.57 Å². The first-order chi connectivity index (χ1) is 19.3. The summed E-state index contributed by atoms with van der Waals surface area (Å²) in [4.78, 5) is 0. The van der Waals surface area contributed by atoms with Crippen LogP contribution in [0.4, 0.5) is 0 Å². The Morgan fingerprint density at radius 1 is 0.615 bits per heavy atom. The van der Waals surface area contributed by atoms with Crippen molar-refractivity contribution >= 4 is 69.9 Å². The molecule has 3 heterocycles. The first-order valence-electron chi connectivity index (χ1n) is 13.5. The lowest BCUT2D eigenvalue weighted by molar-refractivity contribution is 0.591. The van der Waals surface area contributed by atoms with Crippen molar-refractivity contribution in [2.75, 3.05) is 0 Å². The fraction of sp³-hybridized carbons (Fsp3) is 0.0556. The van der Waals surface area contributed by atoms with E-state index in [4.69, 9.17) is 4.42 Å². The third-order valence-electron chi connectivity index (χ3n) is 8.29. The number of hydrogen-bond acceptors (Lipinski definition) is 2. The van der Waals surface area contributed by atoms with Crippen molar-refractivity contribution in [3.05, 3.63) is 132 Å². The number of aryl methyl sites for hydroxylation is 1. The fourth-order valence-corrected chi connectivity index (χ4v) is 7.68. The molecule has 3 aromatic heterocycles. The molecule has 0 bridgehead atoms. The van der Waals surface area contributed by atoms with Crippen LogP contribution in [0.3, 0.4) is 0 Å². The standard InChI is InChI=1S/C36H23NOS/c1-4-13-31-25(8-1)30-20-22(24-11-7-12-29-26-9-2-5-14-33(26)38-36(24)29)16-19-32(30)37(31)23-17-18-28-27-10-3-6-15-34(27)39-35(28)21-23/h1-6,8-11,13-21H,7,12H2. The number of rotatable bonds is 2. The second-order valence-electron chi connectivity index (χ2n) is 10.4. The summed E-state index contributed by atoms with van der Waals surface area (Å²) < 4.78 is 11.5. The first kappa shape index (κ1) is 21.3. The van der Waals surface area contributed by atoms with Gasteiger partial charge < -0.3 is 8.98 Å². The average Bonchev–Trinajstić information content (AvgIpc) is 3.66. The van der Waals surface area contributed by atoms with Crippen LogP contribution in [0.15, 0.2) is 120 Å². The number of benzene rings is 5. The molecule has 1 aliphatic carbocycles. The van der Waals surface area contributed by atoms with E-state index in [1.165, 1.54) is 69.8 Å². The van der Waals surface area contributed by atoms with E-state index in [1.54, 1.807) is 0 Å². The molecule has 184 valence electrons. The van der Waals surface area contributed by atoms with E-state index >= 15 is 0 Å². The average molecular weight is 518 g/mol. The van der Waals surface area contributed by atoms with Gasteiger partial charge in [0.2, 0.25) is 0 Å². The quantitative estimate of drug-likeness (QED) is 0.223. The molecule has 0 aliphatic heterocycles. The van der Waals surface area contributed by atoms with Gasteiger partial charge in [0.25, 0.3) is 0 Å². The number of thiophene rings is 1. The molecule has 0 amide bonds. The van der Waals surface area contributed by atoms with Crippen LogP contribution in [0.5, 0.6) is 0 Å². The Hall–Kier alpha value is -4.60. The lowest BCUT2D eigenvalue weighted by Crippen LogP contribution is -1.98. The maximum Gasteiger partial charge on any atom is 0.138 e. The van der Waals surface area contributed by atoms with Gasteiger partial charge in [-0.2, -0.15) is 0 Å². The summed E-state index contributed by atoms with van der Waals surface area (Å²) in [5.74, 6) is 1.03. The van der Waals surface area contributed by atoms with Crippen molar-refractivity contribution in [3.8, 4) is 5.69 Å². The zero-order chi connectivity index (χ0) is 25.5. The highest BCUT2D eigenvalue weighted by Crippen LogP contribution is 2.41. The minimum atomic E-state index is 0.976. The SMILES string of the molecule is C1=C(c2ccc3c(c2)c2ccccc2n3-c2ccc3c(c2)sc2ccccc23)c2oc3ccccc3c2CC1. The number of furan rings is 1. The Morgan fingerprint density at radius 3 is 2.33 bits per heavy atom. The van der Waals surface area contributed by atoms with Crippen molar-refractivity contribution in [2.45, 2.75) is 12.8 Å². The summed E-state index contributed by atoms with van der Waals surface area (Å²) in [5.41, 5.74) is 8.38. The summed E-state index contributed by atoms with van der Waals surface area (Å²) >= 11 is 1.87. The zero-order valence-corrected chi connectivity index (χ0v) is 22.0. The monoisotopic (exact) mass is 517 g/mol. The molecule has 5 aromatic carbocycles. The Labute approximate surface area is 229 Å². The topological polar surface area (TPSA) is 18.1 Å². The highest BCUT2D eigenvalue weighted by atomic mass is 32.1. The van der Waals surface area contributed by atoms with Crippen molar-refractivity contribution in [3.63, 3.8) is 0 Å². The van der Waals surface area contributed by atoms with Crippen LogP contribution in [0.25, 0.3) is 64.2 Å². The molecule has 0 spiro atoms. The lowest BCUT2D eigenvalue weighted by atomic mass is 9.91. The first-order valence-corrected chi connectivity index (χ1v) is 14.3. The van der Waals surface area contributed by atoms with E-state index in [1.807, 2.05) is 11.3 Å². The maximum absolute atomic E-state index is 6.43. The van der Waals surface area contributed by atoms with E-state index in [0.29, 0.717) is 0 Å². The number of nitrogens with zero attached hydrogens (tertiary/aromatic N) is 1. The minimum Gasteiger partial charge on any atom is -0.456 e. The Bertz CT molecular complexity index is 2290. The van der Waals surface area contributed by atoms with Crippen molar-refractivity contribution < 1.29 is 4.42 Å². The van der Waals surface area contributed by atoms with Crippen molar-refractivity contribution in [1.29, 1.82) is 0 Å². The largest absolute Gasteiger partial charge is 0.456 e. The van der Waals surface area contributed by atoms with Gasteiger partial charge in [-0.3, -0.25) is 0 Å². The highest BCUT2D eigenvalue weighted by molar-refractivity contribution is 7.25. The summed E-state index contributed by atoms with van der Waals surface area (Å²) in [5, 5.41) is 6.44. The highest BCUT2D eigenvalue weighted by Gasteiger charge is 2.23. The number of allylic oxidation sites excluding steroid dienone is 1. The third kappa shape index (κ3) is 3.02. The van der Waals surface area contributed by atoms with Crippen LogP contribution in [0.2, 0.25) is 0 Å². The number of hydrogen-bond donors (Lipinski definition) is 0. The lowest BCUT2D eigenvalue weighted by Gasteiger charge is -2.14. The Balaban J connectivity index is 1.26. The summed E-state index contributed by atoms with van der Waals surface area (Å²) in [6, 6.07) is 39.7. The van der Waals surface area contributed by atoms with Gasteiger partial charge in [0, 0.05) is 53.2 Å². The molecule has 0 saturated carbocycles. The molecule has 0 fully saturated rings. The van der Waals surface area contributed by atoms with E-state index in [2.05, 4.69) is 120 Å². The van der Waals surface area contributed by atoms with Crippen LogP contribution in [0.1, 0.15) is 23.3 Å². The summed E-state index contributed by atoms with van der Waals surface area (Å²) in [7, 11) is 0. The van der Waals surface area contributed by atoms with Gasteiger partial charge in [0.1, 0.15) is 11.3 Å². The second kappa shape index (κ2) is 7.95. The Morgan fingerprint density at radius 2 is 1.38 bits per heavy atom. The van der Waals surface area contributed by atoms with E-state index in [0.717, 1.165) is 24.2 Å². The third-order valence-corrected chi connectivity index (χ3v) is 9.42. The maximum atomic E-state index is 6.43. The molecule has 1 aliphatic rings. The molecule has 2 nitrogen and oxygen atoms in total. The van der Waals surface area contributed by atoms with Gasteiger partial charge in [0.05, 0.1) is 11.0 Å². The molecule has 0 unspecified atom stereocenters. The molecular weight excluding hydrogens is 494 g/mol. The number of para-hydroxylation sites is 2. The van der Waals surface area contributed by atoms with Gasteiger partial charge in [-0.1, -0.05) is 72.8 Å². The number of aromatic nitrogens is 1. The van der Waals surface area contributed by atoms with Crippen molar-refractivity contribution in [2.24, 2.45) is 0 Å². The van der Waals surface area contributed by atoms with E-state index in [9.17, 15) is 0 Å². The van der Waals surface area contributed by atoms with Gasteiger partial charge in [-0.25, -0.2) is 0 Å². The molecule has 39 heavy (non-hydrogen) atoms. The molecular formula is C36H23NOS. The predicted molar refractivity (Wildman–Crippen MR) is 165 cm³/mol.